The summed E-state index contributed by atoms with van der Waals surface area (Å²) in [4.78, 5) is -1.17. The molecule has 0 bridgehead atoms. The molecule has 1 unspecified atom stereocenters. The first-order valence-electron chi connectivity index (χ1n) is 5.93. The van der Waals surface area contributed by atoms with Crippen LogP contribution in [-0.4, -0.2) is 31.9 Å². The molecule has 1 atom stereocenters. The molecule has 8 heteroatoms. The highest BCUT2D eigenvalue weighted by Gasteiger charge is 2.38. The molecule has 0 aliphatic heterocycles. The Bertz CT molecular complexity index is 578. The second kappa shape index (κ2) is 5.71. The van der Waals surface area contributed by atoms with Crippen LogP contribution in [0.2, 0.25) is 0 Å². The number of hydrogen-bond acceptors (Lipinski definition) is 3. The average Bonchev–Trinajstić information content (AvgIpc) is 2.35. The maximum Gasteiger partial charge on any atom is 0.249 e. The Hall–Kier alpha value is -1.12. The van der Waals surface area contributed by atoms with Crippen LogP contribution < -0.4 is 5.73 Å². The highest BCUT2D eigenvalue weighted by atomic mass is 32.2. The first kappa shape index (κ1) is 16.9. The van der Waals surface area contributed by atoms with E-state index in [0.29, 0.717) is 18.6 Å². The van der Waals surface area contributed by atoms with Crippen molar-refractivity contribution in [2.24, 2.45) is 5.73 Å². The topological polar surface area (TPSA) is 63.4 Å². The second-order valence-electron chi connectivity index (χ2n) is 4.73. The van der Waals surface area contributed by atoms with Gasteiger partial charge in [-0.15, -0.1) is 0 Å². The summed E-state index contributed by atoms with van der Waals surface area (Å²) in [5, 5.41) is 0. The molecule has 0 aliphatic rings. The summed E-state index contributed by atoms with van der Waals surface area (Å²) in [5.41, 5.74) is 4.55. The summed E-state index contributed by atoms with van der Waals surface area (Å²) in [6, 6.07) is 0.658. The Balaban J connectivity index is 3.46. The molecule has 2 N–H and O–H groups in total. The van der Waals surface area contributed by atoms with Gasteiger partial charge in [-0.2, -0.15) is 4.31 Å². The predicted octanol–water partition coefficient (Wildman–Crippen LogP) is 1.85. The van der Waals surface area contributed by atoms with Crippen molar-refractivity contribution in [3.05, 3.63) is 29.6 Å². The maximum absolute atomic E-state index is 13.6. The SMILES string of the molecule is CCC(C)(CN)N(C)S(=O)(=O)c1c(F)cc(F)cc1F. The van der Waals surface area contributed by atoms with Crippen LogP contribution in [0.3, 0.4) is 0 Å². The maximum atomic E-state index is 13.6. The van der Waals surface area contributed by atoms with Crippen LogP contribution in [-0.2, 0) is 10.0 Å². The first-order chi connectivity index (χ1) is 9.10. The summed E-state index contributed by atoms with van der Waals surface area (Å²) < 4.78 is 65.6. The molecule has 0 aromatic heterocycles. The van der Waals surface area contributed by atoms with E-state index >= 15 is 0 Å². The van der Waals surface area contributed by atoms with E-state index in [1.54, 1.807) is 13.8 Å². The summed E-state index contributed by atoms with van der Waals surface area (Å²) in [6.45, 7) is 3.24. The summed E-state index contributed by atoms with van der Waals surface area (Å²) >= 11 is 0. The molecule has 1 aromatic rings. The third-order valence-electron chi connectivity index (χ3n) is 3.54. The highest BCUT2D eigenvalue weighted by molar-refractivity contribution is 7.89. The Morgan fingerprint density at radius 1 is 1.25 bits per heavy atom. The molecule has 20 heavy (non-hydrogen) atoms. The third-order valence-corrected chi connectivity index (χ3v) is 5.61. The molecule has 0 saturated carbocycles. The highest BCUT2D eigenvalue weighted by Crippen LogP contribution is 2.28. The van der Waals surface area contributed by atoms with Gasteiger partial charge in [0.15, 0.2) is 4.90 Å². The van der Waals surface area contributed by atoms with Gasteiger partial charge in [0.25, 0.3) is 0 Å². The number of hydrogen-bond donors (Lipinski definition) is 1. The van der Waals surface area contributed by atoms with Gasteiger partial charge in [0.05, 0.1) is 0 Å². The van der Waals surface area contributed by atoms with E-state index in [1.165, 1.54) is 7.05 Å². The van der Waals surface area contributed by atoms with E-state index in [1.807, 2.05) is 0 Å². The molecular formula is C12H17F3N2O2S. The van der Waals surface area contributed by atoms with Crippen LogP contribution in [0.5, 0.6) is 0 Å². The van der Waals surface area contributed by atoms with Gasteiger partial charge in [0, 0.05) is 31.3 Å². The van der Waals surface area contributed by atoms with Crippen LogP contribution in [0, 0.1) is 17.5 Å². The van der Waals surface area contributed by atoms with Crippen molar-refractivity contribution in [1.82, 2.24) is 4.31 Å². The summed E-state index contributed by atoms with van der Waals surface area (Å²) in [6.07, 6.45) is 0.351. The van der Waals surface area contributed by atoms with E-state index < -0.39 is 37.9 Å². The van der Waals surface area contributed by atoms with Gasteiger partial charge in [-0.25, -0.2) is 21.6 Å². The van der Waals surface area contributed by atoms with Gasteiger partial charge >= 0.3 is 0 Å². The zero-order chi connectivity index (χ0) is 15.7. The number of rotatable bonds is 5. The van der Waals surface area contributed by atoms with Crippen molar-refractivity contribution in [2.75, 3.05) is 13.6 Å². The fourth-order valence-electron chi connectivity index (χ4n) is 1.70. The monoisotopic (exact) mass is 310 g/mol. The van der Waals surface area contributed by atoms with E-state index in [4.69, 9.17) is 5.73 Å². The summed E-state index contributed by atoms with van der Waals surface area (Å²) in [5.74, 6) is -4.12. The molecule has 4 nitrogen and oxygen atoms in total. The van der Waals surface area contributed by atoms with Gasteiger partial charge in [-0.3, -0.25) is 0 Å². The molecule has 0 heterocycles. The lowest BCUT2D eigenvalue weighted by Crippen LogP contribution is -2.52. The lowest BCUT2D eigenvalue weighted by Gasteiger charge is -2.36. The van der Waals surface area contributed by atoms with E-state index in [2.05, 4.69) is 0 Å². The molecule has 114 valence electrons. The summed E-state index contributed by atoms with van der Waals surface area (Å²) in [7, 11) is -3.27. The van der Waals surface area contributed by atoms with Crippen molar-refractivity contribution in [3.8, 4) is 0 Å². The van der Waals surface area contributed by atoms with E-state index in [9.17, 15) is 21.6 Å². The average molecular weight is 310 g/mol. The molecule has 0 amide bonds. The number of sulfonamides is 1. The number of nitrogens with two attached hydrogens (primary N) is 1. The first-order valence-corrected chi connectivity index (χ1v) is 7.38. The number of likely N-dealkylation sites (N-methyl/N-ethyl adjacent to an activating group) is 1. The van der Waals surface area contributed by atoms with Crippen molar-refractivity contribution in [2.45, 2.75) is 30.7 Å². The molecule has 0 saturated heterocycles. The molecule has 0 aliphatic carbocycles. The quantitative estimate of drug-likeness (QED) is 0.903. The molecular weight excluding hydrogens is 293 g/mol. The number of nitrogens with zero attached hydrogens (tertiary/aromatic N) is 1. The minimum atomic E-state index is -4.46. The molecule has 1 aromatic carbocycles. The van der Waals surface area contributed by atoms with Gasteiger partial charge < -0.3 is 5.73 Å². The minimum absolute atomic E-state index is 0.0241. The third kappa shape index (κ3) is 2.82. The van der Waals surface area contributed by atoms with Crippen molar-refractivity contribution < 1.29 is 21.6 Å². The van der Waals surface area contributed by atoms with Gasteiger partial charge in [-0.1, -0.05) is 6.92 Å². The minimum Gasteiger partial charge on any atom is -0.329 e. The Morgan fingerprint density at radius 3 is 2.05 bits per heavy atom. The molecule has 0 radical (unpaired) electrons. The molecule has 0 fully saturated rings. The number of benzene rings is 1. The van der Waals surface area contributed by atoms with E-state index in [0.717, 1.165) is 4.31 Å². The predicted molar refractivity (Wildman–Crippen MR) is 69.0 cm³/mol. The normalized spacial score (nSPS) is 15.4. The Labute approximate surface area is 116 Å². The largest absolute Gasteiger partial charge is 0.329 e. The fraction of sp³-hybridized carbons (Fsp3) is 0.500. The fourth-order valence-corrected chi connectivity index (χ4v) is 3.37. The van der Waals surface area contributed by atoms with Crippen molar-refractivity contribution in [3.63, 3.8) is 0 Å². The van der Waals surface area contributed by atoms with Crippen LogP contribution in [0.15, 0.2) is 17.0 Å². The van der Waals surface area contributed by atoms with Gasteiger partial charge in [-0.05, 0) is 13.3 Å². The van der Waals surface area contributed by atoms with Crippen LogP contribution >= 0.6 is 0 Å². The molecule has 1 rings (SSSR count). The van der Waals surface area contributed by atoms with Crippen LogP contribution in [0.4, 0.5) is 13.2 Å². The Morgan fingerprint density at radius 2 is 1.70 bits per heavy atom. The molecule has 0 spiro atoms. The van der Waals surface area contributed by atoms with Gasteiger partial charge in [0.1, 0.15) is 17.5 Å². The standard InChI is InChI=1S/C12H17F3N2O2S/c1-4-12(2,7-16)17(3)20(18,19)11-9(14)5-8(13)6-10(11)15/h5-6H,4,7,16H2,1-3H3. The van der Waals surface area contributed by atoms with E-state index in [-0.39, 0.29) is 6.54 Å². The lowest BCUT2D eigenvalue weighted by molar-refractivity contribution is 0.238. The zero-order valence-corrected chi connectivity index (χ0v) is 12.3. The van der Waals surface area contributed by atoms with Crippen molar-refractivity contribution in [1.29, 1.82) is 0 Å². The zero-order valence-electron chi connectivity index (χ0n) is 11.5. The lowest BCUT2D eigenvalue weighted by atomic mass is 10.00. The smallest absolute Gasteiger partial charge is 0.249 e. The van der Waals surface area contributed by atoms with Crippen LogP contribution in [0.25, 0.3) is 0 Å². The van der Waals surface area contributed by atoms with Crippen molar-refractivity contribution >= 4 is 10.0 Å². The Kier molecular flexibility index (Phi) is 4.83. The second-order valence-corrected chi connectivity index (χ2v) is 6.63. The van der Waals surface area contributed by atoms with Gasteiger partial charge in [0.2, 0.25) is 10.0 Å². The number of halogens is 3. The van der Waals surface area contributed by atoms with Crippen LogP contribution in [0.1, 0.15) is 20.3 Å².